The van der Waals surface area contributed by atoms with Crippen molar-refractivity contribution in [2.45, 2.75) is 12.1 Å². The average molecular weight is 511 g/mol. The third-order valence-corrected chi connectivity index (χ3v) is 5.55. The molecule has 2 atom stereocenters. The fourth-order valence-corrected chi connectivity index (χ4v) is 3.79. The maximum absolute atomic E-state index is 12.3. The van der Waals surface area contributed by atoms with Crippen LogP contribution in [0.3, 0.4) is 0 Å². The Labute approximate surface area is 214 Å². The van der Waals surface area contributed by atoms with Crippen LogP contribution in [-0.4, -0.2) is 21.8 Å². The minimum Gasteiger partial charge on any atom is -0.508 e. The summed E-state index contributed by atoms with van der Waals surface area (Å²) in [6.07, 6.45) is 16.4. The van der Waals surface area contributed by atoms with Crippen molar-refractivity contribution in [3.8, 4) is 11.5 Å². The molecule has 0 amide bonds. The van der Waals surface area contributed by atoms with E-state index in [9.17, 15) is 19.8 Å². The summed E-state index contributed by atoms with van der Waals surface area (Å²) in [5.74, 6) is -0.194. The topological polar surface area (TPSA) is 98.7 Å². The minimum absolute atomic E-state index is 0. The molecule has 6 nitrogen and oxygen atoms in total. The van der Waals surface area contributed by atoms with E-state index in [0.717, 1.165) is 0 Å². The molecule has 179 valence electrons. The Morgan fingerprint density at radius 2 is 0.971 bits per heavy atom. The fraction of sp³-hybridized carbons (Fsp3) is 0.0714. The van der Waals surface area contributed by atoms with Crippen LogP contribution >= 0.6 is 0 Å². The van der Waals surface area contributed by atoms with E-state index < -0.39 is 12.1 Å². The summed E-state index contributed by atoms with van der Waals surface area (Å²) in [7, 11) is 0. The molecular weight excluding hydrogens is 487 g/mol. The van der Waals surface area contributed by atoms with Gasteiger partial charge in [0.2, 0.25) is 0 Å². The van der Waals surface area contributed by atoms with Gasteiger partial charge >= 0.3 is 0 Å². The molecule has 1 radical (unpaired) electrons. The second-order valence-corrected chi connectivity index (χ2v) is 7.77. The van der Waals surface area contributed by atoms with Gasteiger partial charge in [-0.15, -0.1) is 0 Å². The number of para-hydroxylation sites is 2. The molecule has 2 unspecified atom stereocenters. The van der Waals surface area contributed by atoms with E-state index in [1.807, 2.05) is 0 Å². The maximum atomic E-state index is 12.3. The molecule has 0 saturated heterocycles. The first-order chi connectivity index (χ1) is 16.5. The number of ketones is 2. The molecule has 4 N–H and O–H groups in total. The SMILES string of the molecule is O=C1C=CC=C/C1=C/NC(c1ccccc1O)C(N/C=C1/C=CC=CC1=O)c1ccccc1O.[Co]. The Bertz CT molecular complexity index is 1190. The Morgan fingerprint density at radius 3 is 1.34 bits per heavy atom. The molecule has 2 aromatic carbocycles. The van der Waals surface area contributed by atoms with E-state index in [1.54, 1.807) is 97.4 Å². The van der Waals surface area contributed by atoms with Crippen molar-refractivity contribution < 1.29 is 36.6 Å². The first-order valence-electron chi connectivity index (χ1n) is 10.8. The fourth-order valence-electron chi connectivity index (χ4n) is 3.79. The van der Waals surface area contributed by atoms with Crippen molar-refractivity contribution in [3.05, 3.63) is 132 Å². The number of benzene rings is 2. The van der Waals surface area contributed by atoms with Crippen LogP contribution in [0.15, 0.2) is 121 Å². The molecule has 2 aliphatic rings. The van der Waals surface area contributed by atoms with Crippen LogP contribution in [0.2, 0.25) is 0 Å². The Morgan fingerprint density at radius 1 is 0.600 bits per heavy atom. The minimum atomic E-state index is -0.621. The molecule has 35 heavy (non-hydrogen) atoms. The van der Waals surface area contributed by atoms with Gasteiger partial charge in [-0.1, -0.05) is 60.7 Å². The molecule has 0 bridgehead atoms. The monoisotopic (exact) mass is 511 g/mol. The van der Waals surface area contributed by atoms with Gasteiger partial charge in [0, 0.05) is 51.5 Å². The predicted molar refractivity (Wildman–Crippen MR) is 131 cm³/mol. The Hall–Kier alpha value is -4.07. The Balaban J connectivity index is 0.00000342. The smallest absolute Gasteiger partial charge is 0.187 e. The molecule has 0 fully saturated rings. The summed E-state index contributed by atoms with van der Waals surface area (Å²) in [5.41, 5.74) is 2.00. The number of carbonyl (C=O) groups excluding carboxylic acids is 2. The van der Waals surface area contributed by atoms with Crippen LogP contribution in [0.25, 0.3) is 0 Å². The summed E-state index contributed by atoms with van der Waals surface area (Å²) in [6.45, 7) is 0. The van der Waals surface area contributed by atoms with Crippen LogP contribution in [0.4, 0.5) is 0 Å². The van der Waals surface area contributed by atoms with Crippen LogP contribution in [0.5, 0.6) is 11.5 Å². The van der Waals surface area contributed by atoms with Crippen molar-refractivity contribution in [2.24, 2.45) is 0 Å². The van der Waals surface area contributed by atoms with E-state index in [1.165, 1.54) is 12.2 Å². The quantitative estimate of drug-likeness (QED) is 0.416. The normalized spacial score (nSPS) is 18.4. The molecular formula is C28H24CoN2O4. The second kappa shape index (κ2) is 11.9. The zero-order chi connectivity index (χ0) is 23.9. The Kier molecular flexibility index (Phi) is 8.67. The first-order valence-corrected chi connectivity index (χ1v) is 10.8. The van der Waals surface area contributed by atoms with E-state index in [4.69, 9.17) is 0 Å². The summed E-state index contributed by atoms with van der Waals surface area (Å²) in [4.78, 5) is 24.5. The van der Waals surface area contributed by atoms with Gasteiger partial charge < -0.3 is 20.8 Å². The van der Waals surface area contributed by atoms with Gasteiger partial charge in [0.15, 0.2) is 11.6 Å². The zero-order valence-corrected chi connectivity index (χ0v) is 19.6. The number of rotatable bonds is 7. The first kappa shape index (κ1) is 25.5. The molecule has 0 spiro atoms. The molecule has 0 aliphatic heterocycles. The molecule has 0 heterocycles. The van der Waals surface area contributed by atoms with Gasteiger partial charge in [-0.2, -0.15) is 0 Å². The third kappa shape index (κ3) is 6.09. The number of carbonyl (C=O) groups is 2. The van der Waals surface area contributed by atoms with Gasteiger partial charge in [-0.25, -0.2) is 0 Å². The van der Waals surface area contributed by atoms with Gasteiger partial charge in [-0.3, -0.25) is 9.59 Å². The molecule has 0 saturated carbocycles. The largest absolute Gasteiger partial charge is 0.508 e. The van der Waals surface area contributed by atoms with Gasteiger partial charge in [0.05, 0.1) is 12.1 Å². The van der Waals surface area contributed by atoms with E-state index in [0.29, 0.717) is 22.3 Å². The molecule has 2 aromatic rings. The van der Waals surface area contributed by atoms with E-state index in [-0.39, 0.29) is 39.8 Å². The van der Waals surface area contributed by atoms with Crippen molar-refractivity contribution in [1.82, 2.24) is 10.6 Å². The van der Waals surface area contributed by atoms with Crippen LogP contribution < -0.4 is 10.6 Å². The standard InChI is InChI=1S/C28H24N2O4.Co/c31-23-13-5-1-9-19(23)17-29-27(21-11-3-7-15-25(21)33)28(22-12-4-8-16-26(22)34)30-18-20-10-2-6-14-24(20)32;/h1-18,27-30,33-34H;/b19-17-,20-18-;. The predicted octanol–water partition coefficient (Wildman–Crippen LogP) is 4.21. The summed E-state index contributed by atoms with van der Waals surface area (Å²) in [5, 5.41) is 27.8. The zero-order valence-electron chi connectivity index (χ0n) is 18.6. The second-order valence-electron chi connectivity index (χ2n) is 7.77. The van der Waals surface area contributed by atoms with Crippen LogP contribution in [-0.2, 0) is 26.4 Å². The van der Waals surface area contributed by atoms with Crippen molar-refractivity contribution >= 4 is 11.6 Å². The summed E-state index contributed by atoms with van der Waals surface area (Å²) in [6, 6.07) is 12.5. The number of hydrogen-bond donors (Lipinski definition) is 4. The van der Waals surface area contributed by atoms with Crippen LogP contribution in [0, 0.1) is 0 Å². The van der Waals surface area contributed by atoms with Crippen molar-refractivity contribution in [1.29, 1.82) is 0 Å². The van der Waals surface area contributed by atoms with Gasteiger partial charge in [0.1, 0.15) is 11.5 Å². The molecule has 7 heteroatoms. The third-order valence-electron chi connectivity index (χ3n) is 5.55. The number of hydrogen-bond acceptors (Lipinski definition) is 6. The summed E-state index contributed by atoms with van der Waals surface area (Å²) < 4.78 is 0. The van der Waals surface area contributed by atoms with E-state index >= 15 is 0 Å². The number of nitrogens with one attached hydrogen (secondary N) is 2. The maximum Gasteiger partial charge on any atom is 0.187 e. The van der Waals surface area contributed by atoms with E-state index in [2.05, 4.69) is 10.6 Å². The van der Waals surface area contributed by atoms with Gasteiger partial charge in [-0.05, 0) is 36.4 Å². The molecule has 0 aromatic heterocycles. The summed E-state index contributed by atoms with van der Waals surface area (Å²) >= 11 is 0. The molecule has 4 rings (SSSR count). The number of aromatic hydroxyl groups is 2. The van der Waals surface area contributed by atoms with Gasteiger partial charge in [0.25, 0.3) is 0 Å². The average Bonchev–Trinajstić information content (AvgIpc) is 2.84. The number of phenols is 2. The number of allylic oxidation sites excluding steroid dienone is 10. The van der Waals surface area contributed by atoms with Crippen molar-refractivity contribution in [2.75, 3.05) is 0 Å². The molecule has 2 aliphatic carbocycles. The van der Waals surface area contributed by atoms with Crippen molar-refractivity contribution in [3.63, 3.8) is 0 Å². The number of phenolic OH excluding ortho intramolecular Hbond substituents is 2. The van der Waals surface area contributed by atoms with Crippen LogP contribution in [0.1, 0.15) is 23.2 Å².